The Hall–Kier alpha value is -0.601. The Morgan fingerprint density at radius 2 is 2.21 bits per heavy atom. The van der Waals surface area contributed by atoms with Crippen molar-refractivity contribution >= 4 is 26.7 Å². The summed E-state index contributed by atoms with van der Waals surface area (Å²) in [7, 11) is 0. The van der Waals surface area contributed by atoms with Gasteiger partial charge in [-0.05, 0) is 0 Å². The van der Waals surface area contributed by atoms with Gasteiger partial charge in [-0.25, -0.2) is 0 Å². The summed E-state index contributed by atoms with van der Waals surface area (Å²) in [5.74, 6) is 0.430. The molecule has 1 amide bonds. The van der Waals surface area contributed by atoms with Gasteiger partial charge >= 0.3 is 91.8 Å². The topological polar surface area (TPSA) is 32.7 Å². The minimum atomic E-state index is 0.0648. The van der Waals surface area contributed by atoms with E-state index in [4.69, 9.17) is 0 Å². The van der Waals surface area contributed by atoms with Crippen LogP contribution in [0.2, 0.25) is 0 Å². The zero-order valence-corrected chi connectivity index (χ0v) is 10.1. The maximum atomic E-state index is 11.9. The molecule has 2 rings (SSSR count). The predicted octanol–water partition coefficient (Wildman–Crippen LogP) is 1.06. The molecule has 4 heteroatoms. The number of amidine groups is 1. The quantitative estimate of drug-likeness (QED) is 0.537. The van der Waals surface area contributed by atoms with E-state index < -0.39 is 0 Å². The Morgan fingerprint density at radius 3 is 2.71 bits per heavy atom. The standard InChI is InChI=1S/C10H13N2OSe/c1-6(2)5-8-9(13)12(7-3-4-7)10(14)11-8/h5-7H,3-4H2,1-2H3/b8-5-. The fourth-order valence-electron chi connectivity index (χ4n) is 1.49. The summed E-state index contributed by atoms with van der Waals surface area (Å²) in [6, 6.07) is 0.403. The Balaban J connectivity index is 2.21. The monoisotopic (exact) mass is 257 g/mol. The van der Waals surface area contributed by atoms with Crippen LogP contribution in [0.15, 0.2) is 16.8 Å². The number of amides is 1. The van der Waals surface area contributed by atoms with Gasteiger partial charge in [-0.15, -0.1) is 0 Å². The Labute approximate surface area is 92.1 Å². The third kappa shape index (κ3) is 1.77. The molecule has 1 radical (unpaired) electrons. The molecule has 0 atom stereocenters. The molecule has 1 aliphatic carbocycles. The van der Waals surface area contributed by atoms with Gasteiger partial charge in [-0.2, -0.15) is 0 Å². The molecule has 1 heterocycles. The second-order valence-corrected chi connectivity index (χ2v) is 4.86. The first kappa shape index (κ1) is 9.94. The first-order chi connectivity index (χ1) is 6.59. The fraction of sp³-hybridized carbons (Fsp3) is 0.600. The van der Waals surface area contributed by atoms with Gasteiger partial charge in [0.1, 0.15) is 0 Å². The number of carbonyl (C=O) groups excluding carboxylic acids is 1. The number of nitrogens with zero attached hydrogens (tertiary/aromatic N) is 2. The normalized spacial score (nSPS) is 25.1. The molecular weight excluding hydrogens is 243 g/mol. The van der Waals surface area contributed by atoms with Crippen LogP contribution in [0, 0.1) is 5.92 Å². The van der Waals surface area contributed by atoms with E-state index in [0.717, 1.165) is 17.6 Å². The summed E-state index contributed by atoms with van der Waals surface area (Å²) >= 11 is 2.86. The van der Waals surface area contributed by atoms with Crippen LogP contribution in [-0.4, -0.2) is 37.6 Å². The number of rotatable bonds is 2. The van der Waals surface area contributed by atoms with Crippen molar-refractivity contribution in [2.75, 3.05) is 0 Å². The van der Waals surface area contributed by atoms with Gasteiger partial charge in [-0.3, -0.25) is 0 Å². The summed E-state index contributed by atoms with van der Waals surface area (Å²) in [5.41, 5.74) is 0.598. The van der Waals surface area contributed by atoms with Crippen LogP contribution in [0.5, 0.6) is 0 Å². The first-order valence-electron chi connectivity index (χ1n) is 4.90. The van der Waals surface area contributed by atoms with Gasteiger partial charge in [0.25, 0.3) is 0 Å². The minimum absolute atomic E-state index is 0.0648. The SMILES string of the molecule is CC(C)/C=C1\N=C([Se])N(C2CC2)C1=O. The average Bonchev–Trinajstić information content (AvgIpc) is 2.82. The van der Waals surface area contributed by atoms with Crippen molar-refractivity contribution in [3.8, 4) is 0 Å². The van der Waals surface area contributed by atoms with Gasteiger partial charge in [0, 0.05) is 0 Å². The molecule has 0 unspecified atom stereocenters. The van der Waals surface area contributed by atoms with E-state index in [1.165, 1.54) is 0 Å². The van der Waals surface area contributed by atoms with Gasteiger partial charge in [-0.1, -0.05) is 0 Å². The maximum absolute atomic E-state index is 11.9. The van der Waals surface area contributed by atoms with Crippen molar-refractivity contribution in [3.05, 3.63) is 11.8 Å². The second-order valence-electron chi connectivity index (χ2n) is 4.10. The molecule has 0 spiro atoms. The summed E-state index contributed by atoms with van der Waals surface area (Å²) in [6.45, 7) is 4.10. The van der Waals surface area contributed by atoms with Crippen molar-refractivity contribution < 1.29 is 4.79 Å². The molecule has 0 bridgehead atoms. The second kappa shape index (κ2) is 3.52. The van der Waals surface area contributed by atoms with Gasteiger partial charge in [0.05, 0.1) is 0 Å². The van der Waals surface area contributed by atoms with Crippen LogP contribution < -0.4 is 0 Å². The van der Waals surface area contributed by atoms with Gasteiger partial charge in [0.15, 0.2) is 0 Å². The molecule has 0 aromatic heterocycles. The van der Waals surface area contributed by atoms with E-state index in [9.17, 15) is 4.79 Å². The van der Waals surface area contributed by atoms with Gasteiger partial charge < -0.3 is 0 Å². The van der Waals surface area contributed by atoms with Crippen LogP contribution in [0.4, 0.5) is 0 Å². The number of aliphatic imine (C=N–C) groups is 1. The third-order valence-corrected chi connectivity index (χ3v) is 2.87. The van der Waals surface area contributed by atoms with Crippen LogP contribution in [0.25, 0.3) is 0 Å². The molecule has 0 aromatic rings. The Bertz CT molecular complexity index is 329. The van der Waals surface area contributed by atoms with Crippen molar-refractivity contribution in [2.24, 2.45) is 10.9 Å². The van der Waals surface area contributed by atoms with Crippen molar-refractivity contribution in [1.82, 2.24) is 4.90 Å². The summed E-state index contributed by atoms with van der Waals surface area (Å²) in [5, 5.41) is 0. The van der Waals surface area contributed by atoms with E-state index in [-0.39, 0.29) is 5.91 Å². The first-order valence-corrected chi connectivity index (χ1v) is 5.76. The summed E-state index contributed by atoms with van der Waals surface area (Å²) in [4.78, 5) is 17.9. The van der Waals surface area contributed by atoms with Crippen LogP contribution in [0.3, 0.4) is 0 Å². The van der Waals surface area contributed by atoms with E-state index in [0.29, 0.717) is 17.7 Å². The molecule has 1 saturated carbocycles. The number of hydrogen-bond donors (Lipinski definition) is 0. The average molecular weight is 256 g/mol. The third-order valence-electron chi connectivity index (χ3n) is 2.26. The van der Waals surface area contributed by atoms with Gasteiger partial charge in [0.2, 0.25) is 0 Å². The molecule has 0 saturated heterocycles. The van der Waals surface area contributed by atoms with Crippen LogP contribution in [0.1, 0.15) is 26.7 Å². The Kier molecular flexibility index (Phi) is 2.50. The van der Waals surface area contributed by atoms with E-state index in [2.05, 4.69) is 34.9 Å². The van der Waals surface area contributed by atoms with E-state index in [1.54, 1.807) is 4.90 Å². The number of allylic oxidation sites excluding steroid dienone is 1. The molecule has 2 aliphatic rings. The number of carbonyl (C=O) groups is 1. The molecular formula is C10H13N2OSe. The van der Waals surface area contributed by atoms with Crippen molar-refractivity contribution in [2.45, 2.75) is 32.7 Å². The summed E-state index contributed by atoms with van der Waals surface area (Å²) in [6.07, 6.45) is 4.14. The molecule has 0 aromatic carbocycles. The van der Waals surface area contributed by atoms with E-state index >= 15 is 0 Å². The zero-order chi connectivity index (χ0) is 10.3. The van der Waals surface area contributed by atoms with Crippen LogP contribution in [-0.2, 0) is 4.79 Å². The van der Waals surface area contributed by atoms with E-state index in [1.807, 2.05) is 6.08 Å². The Morgan fingerprint density at radius 1 is 1.57 bits per heavy atom. The van der Waals surface area contributed by atoms with Crippen molar-refractivity contribution in [1.29, 1.82) is 0 Å². The molecule has 75 valence electrons. The fourth-order valence-corrected chi connectivity index (χ4v) is 2.19. The van der Waals surface area contributed by atoms with Crippen molar-refractivity contribution in [3.63, 3.8) is 0 Å². The predicted molar refractivity (Wildman–Crippen MR) is 56.0 cm³/mol. The molecule has 0 N–H and O–H groups in total. The molecule has 1 fully saturated rings. The molecule has 1 aliphatic heterocycles. The summed E-state index contributed by atoms with van der Waals surface area (Å²) < 4.78 is 0.740. The zero-order valence-electron chi connectivity index (χ0n) is 8.36. The van der Waals surface area contributed by atoms with Crippen LogP contribution >= 0.6 is 0 Å². The number of hydrogen-bond acceptors (Lipinski definition) is 2. The molecule has 3 nitrogen and oxygen atoms in total. The molecule has 14 heavy (non-hydrogen) atoms.